The Bertz CT molecular complexity index is 1520. The number of alkyl carbamates (subject to hydrolysis) is 1. The Labute approximate surface area is 226 Å². The molecule has 0 radical (unpaired) electrons. The topological polar surface area (TPSA) is 126 Å². The van der Waals surface area contributed by atoms with Crippen LogP contribution in [0.25, 0.3) is 22.2 Å². The molecule has 0 bridgehead atoms. The number of ether oxygens (including phenoxy) is 2. The van der Waals surface area contributed by atoms with E-state index >= 15 is 0 Å². The van der Waals surface area contributed by atoms with E-state index in [2.05, 4.69) is 26.7 Å². The molecule has 0 unspecified atom stereocenters. The quantitative estimate of drug-likeness (QED) is 0.283. The molecule has 0 aliphatic rings. The molecule has 39 heavy (non-hydrogen) atoms. The van der Waals surface area contributed by atoms with Crippen LogP contribution in [0.3, 0.4) is 0 Å². The third-order valence-corrected chi connectivity index (χ3v) is 5.52. The number of pyridine rings is 2. The van der Waals surface area contributed by atoms with Crippen LogP contribution in [0.2, 0.25) is 0 Å². The number of hydrogen-bond acceptors (Lipinski definition) is 7. The van der Waals surface area contributed by atoms with Crippen LogP contribution in [0, 0.1) is 11.3 Å². The minimum Gasteiger partial charge on any atom is -0.493 e. The lowest BCUT2D eigenvalue weighted by molar-refractivity contribution is 0.0525. The van der Waals surface area contributed by atoms with E-state index in [0.717, 1.165) is 16.5 Å². The highest BCUT2D eigenvalue weighted by atomic mass is 16.6. The lowest BCUT2D eigenvalue weighted by Gasteiger charge is -2.19. The summed E-state index contributed by atoms with van der Waals surface area (Å²) in [7, 11) is 0. The van der Waals surface area contributed by atoms with Gasteiger partial charge in [0.15, 0.2) is 5.65 Å². The van der Waals surface area contributed by atoms with Crippen molar-refractivity contribution in [1.29, 1.82) is 5.26 Å². The van der Waals surface area contributed by atoms with Crippen LogP contribution in [0.15, 0.2) is 72.9 Å². The number of benzene rings is 2. The Morgan fingerprint density at radius 3 is 2.56 bits per heavy atom. The van der Waals surface area contributed by atoms with Crippen molar-refractivity contribution in [1.82, 2.24) is 15.3 Å². The van der Waals surface area contributed by atoms with E-state index in [0.29, 0.717) is 47.9 Å². The van der Waals surface area contributed by atoms with Gasteiger partial charge in [-0.2, -0.15) is 5.26 Å². The molecule has 9 nitrogen and oxygen atoms in total. The van der Waals surface area contributed by atoms with Crippen LogP contribution in [0.1, 0.15) is 43.1 Å². The van der Waals surface area contributed by atoms with Gasteiger partial charge in [-0.05, 0) is 87.4 Å². The summed E-state index contributed by atoms with van der Waals surface area (Å²) in [5.74, 6) is 0.538. The molecule has 2 aromatic carbocycles. The lowest BCUT2D eigenvalue weighted by atomic mass is 10.0. The zero-order valence-electron chi connectivity index (χ0n) is 22.0. The van der Waals surface area contributed by atoms with E-state index < -0.39 is 11.7 Å². The summed E-state index contributed by atoms with van der Waals surface area (Å²) in [6.45, 7) is 6.06. The maximum absolute atomic E-state index is 13.1. The minimum atomic E-state index is -0.573. The van der Waals surface area contributed by atoms with Crippen LogP contribution < -0.4 is 15.4 Å². The molecule has 0 aliphatic carbocycles. The second-order valence-corrected chi connectivity index (χ2v) is 9.73. The smallest absolute Gasteiger partial charge is 0.407 e. The summed E-state index contributed by atoms with van der Waals surface area (Å²) < 4.78 is 11.3. The standard InChI is InChI=1S/C30H29N5O4/c1-30(2,3)39-29(37)33-16-5-17-38-25-18-23(11-13-24(25)21-9-7-20(19-31)8-10-21)28(36)35-26-14-12-22-6-4-15-32-27(22)34-26/h4,6-15,18H,5,16-17H2,1-3H3,(H,33,37)(H,32,34,35,36). The molecule has 0 fully saturated rings. The first-order valence-electron chi connectivity index (χ1n) is 12.5. The summed E-state index contributed by atoms with van der Waals surface area (Å²) in [5.41, 5.74) is 2.50. The molecule has 0 aliphatic heterocycles. The Balaban J connectivity index is 1.49. The number of hydrogen-bond donors (Lipinski definition) is 2. The summed E-state index contributed by atoms with van der Waals surface area (Å²) >= 11 is 0. The Morgan fingerprint density at radius 2 is 1.82 bits per heavy atom. The van der Waals surface area contributed by atoms with Crippen LogP contribution in [-0.4, -0.2) is 40.7 Å². The fraction of sp³-hybridized carbons (Fsp3) is 0.233. The van der Waals surface area contributed by atoms with E-state index in [4.69, 9.17) is 14.7 Å². The van der Waals surface area contributed by atoms with Gasteiger partial charge in [0.05, 0.1) is 18.2 Å². The molecule has 2 amide bonds. The van der Waals surface area contributed by atoms with Crippen molar-refractivity contribution in [3.63, 3.8) is 0 Å². The molecule has 0 saturated carbocycles. The molecular weight excluding hydrogens is 494 g/mol. The van der Waals surface area contributed by atoms with Crippen molar-refractivity contribution in [2.24, 2.45) is 0 Å². The number of carbonyl (C=O) groups is 2. The number of nitriles is 1. The predicted octanol–water partition coefficient (Wildman–Crippen LogP) is 5.71. The third-order valence-electron chi connectivity index (χ3n) is 5.52. The second kappa shape index (κ2) is 12.0. The van der Waals surface area contributed by atoms with Gasteiger partial charge in [0, 0.05) is 29.3 Å². The molecular formula is C30H29N5O4. The van der Waals surface area contributed by atoms with Crippen LogP contribution >= 0.6 is 0 Å². The van der Waals surface area contributed by atoms with Gasteiger partial charge in [0.1, 0.15) is 17.2 Å². The van der Waals surface area contributed by atoms with Crippen LogP contribution in [0.5, 0.6) is 5.75 Å². The van der Waals surface area contributed by atoms with Crippen LogP contribution in [-0.2, 0) is 4.74 Å². The van der Waals surface area contributed by atoms with Gasteiger partial charge in [-0.3, -0.25) is 4.79 Å². The lowest BCUT2D eigenvalue weighted by Crippen LogP contribution is -2.33. The number of fused-ring (bicyclic) bond motifs is 1. The van der Waals surface area contributed by atoms with Gasteiger partial charge >= 0.3 is 6.09 Å². The molecule has 2 aromatic heterocycles. The van der Waals surface area contributed by atoms with Crippen LogP contribution in [0.4, 0.5) is 10.6 Å². The monoisotopic (exact) mass is 523 g/mol. The Hall–Kier alpha value is -4.97. The molecule has 198 valence electrons. The fourth-order valence-electron chi connectivity index (χ4n) is 3.72. The minimum absolute atomic E-state index is 0.294. The first-order valence-corrected chi connectivity index (χ1v) is 12.5. The van der Waals surface area contributed by atoms with Gasteiger partial charge in [0.2, 0.25) is 0 Å². The van der Waals surface area contributed by atoms with Crippen molar-refractivity contribution in [3.05, 3.63) is 84.1 Å². The van der Waals surface area contributed by atoms with Gasteiger partial charge in [-0.25, -0.2) is 14.8 Å². The molecule has 2 heterocycles. The first-order chi connectivity index (χ1) is 18.7. The maximum atomic E-state index is 13.1. The Kier molecular flexibility index (Phi) is 8.37. The second-order valence-electron chi connectivity index (χ2n) is 9.73. The first kappa shape index (κ1) is 27.1. The van der Waals surface area contributed by atoms with Crippen molar-refractivity contribution < 1.29 is 19.1 Å². The van der Waals surface area contributed by atoms with E-state index in [1.807, 2.05) is 30.3 Å². The molecule has 0 atom stereocenters. The highest BCUT2D eigenvalue weighted by Crippen LogP contribution is 2.32. The molecule has 2 N–H and O–H groups in total. The number of amides is 2. The van der Waals surface area contributed by atoms with Crippen molar-refractivity contribution in [2.45, 2.75) is 32.8 Å². The highest BCUT2D eigenvalue weighted by Gasteiger charge is 2.16. The molecule has 0 spiro atoms. The van der Waals surface area contributed by atoms with Gasteiger partial charge in [0.25, 0.3) is 5.91 Å². The highest BCUT2D eigenvalue weighted by molar-refractivity contribution is 6.04. The fourth-order valence-corrected chi connectivity index (χ4v) is 3.72. The number of nitrogens with zero attached hydrogens (tertiary/aromatic N) is 3. The average molecular weight is 524 g/mol. The molecule has 9 heteroatoms. The predicted molar refractivity (Wildman–Crippen MR) is 148 cm³/mol. The zero-order chi connectivity index (χ0) is 27.8. The van der Waals surface area contributed by atoms with E-state index in [-0.39, 0.29) is 5.91 Å². The number of nitrogens with one attached hydrogen (secondary N) is 2. The maximum Gasteiger partial charge on any atom is 0.407 e. The van der Waals surface area contributed by atoms with Gasteiger partial charge in [-0.1, -0.05) is 12.1 Å². The number of aromatic nitrogens is 2. The van der Waals surface area contributed by atoms with Crippen molar-refractivity contribution in [3.8, 4) is 22.9 Å². The number of carbonyl (C=O) groups excluding carboxylic acids is 2. The van der Waals surface area contributed by atoms with Gasteiger partial charge < -0.3 is 20.1 Å². The van der Waals surface area contributed by atoms with Crippen molar-refractivity contribution >= 4 is 28.9 Å². The Morgan fingerprint density at radius 1 is 1.03 bits per heavy atom. The zero-order valence-corrected chi connectivity index (χ0v) is 22.0. The SMILES string of the molecule is CC(C)(C)OC(=O)NCCCOc1cc(C(=O)Nc2ccc3cccnc3n2)ccc1-c1ccc(C#N)cc1. The third kappa shape index (κ3) is 7.52. The van der Waals surface area contributed by atoms with Gasteiger partial charge in [-0.15, -0.1) is 0 Å². The van der Waals surface area contributed by atoms with Crippen molar-refractivity contribution in [2.75, 3.05) is 18.5 Å². The van der Waals surface area contributed by atoms with E-state index in [1.165, 1.54) is 0 Å². The summed E-state index contributed by atoms with van der Waals surface area (Å²) in [6.07, 6.45) is 1.68. The largest absolute Gasteiger partial charge is 0.493 e. The summed E-state index contributed by atoms with van der Waals surface area (Å²) in [5, 5.41) is 15.5. The average Bonchev–Trinajstić information content (AvgIpc) is 2.92. The molecule has 0 saturated heterocycles. The number of rotatable bonds is 8. The molecule has 4 aromatic rings. The van der Waals surface area contributed by atoms with E-state index in [9.17, 15) is 9.59 Å². The summed E-state index contributed by atoms with van der Waals surface area (Å²) in [6, 6.07) is 21.7. The normalized spacial score (nSPS) is 10.9. The number of anilines is 1. The molecule has 4 rings (SSSR count). The summed E-state index contributed by atoms with van der Waals surface area (Å²) in [4.78, 5) is 33.6. The van der Waals surface area contributed by atoms with E-state index in [1.54, 1.807) is 63.4 Å².